The molecule has 3 heterocycles. The maximum Gasteiger partial charge on any atom is 0.291 e. The topological polar surface area (TPSA) is 78.2 Å². The van der Waals surface area contributed by atoms with Gasteiger partial charge in [-0.3, -0.25) is 9.59 Å². The predicted octanol–water partition coefficient (Wildman–Crippen LogP) is 4.93. The van der Waals surface area contributed by atoms with Crippen LogP contribution in [0.3, 0.4) is 0 Å². The van der Waals surface area contributed by atoms with Gasteiger partial charge in [0.1, 0.15) is 5.58 Å². The van der Waals surface area contributed by atoms with Crippen LogP contribution in [0.1, 0.15) is 65.5 Å². The second-order valence-electron chi connectivity index (χ2n) is 9.20. The Morgan fingerprint density at radius 3 is 2.51 bits per heavy atom. The standard InChI is InChI=1S/C28H31NO6/c1-5-32-20-10-9-18(14-21(20)33-6-2)25-24-26(30)23-17(4)12-16(3)13-22(23)35-27(24)28(31)29(25)15-19-8-7-11-34-19/h9-10,12-14,19,25H,5-8,11,15H2,1-4H3. The average Bonchev–Trinajstić information content (AvgIpc) is 3.42. The van der Waals surface area contributed by atoms with Gasteiger partial charge >= 0.3 is 0 Å². The van der Waals surface area contributed by atoms with Crippen molar-refractivity contribution in [1.29, 1.82) is 0 Å². The maximum absolute atomic E-state index is 13.9. The molecular weight excluding hydrogens is 446 g/mol. The summed E-state index contributed by atoms with van der Waals surface area (Å²) in [5.41, 5.74) is 3.24. The molecule has 0 bridgehead atoms. The summed E-state index contributed by atoms with van der Waals surface area (Å²) in [5, 5.41) is 0.516. The van der Waals surface area contributed by atoms with Gasteiger partial charge in [0.15, 0.2) is 16.9 Å². The minimum Gasteiger partial charge on any atom is -0.490 e. The molecule has 0 radical (unpaired) electrons. The number of hydrogen-bond donors (Lipinski definition) is 0. The molecule has 0 N–H and O–H groups in total. The molecule has 0 spiro atoms. The normalized spacial score (nSPS) is 19.4. The molecule has 0 saturated carbocycles. The molecule has 2 atom stereocenters. The first-order valence-electron chi connectivity index (χ1n) is 12.3. The summed E-state index contributed by atoms with van der Waals surface area (Å²) in [6.45, 7) is 9.71. The van der Waals surface area contributed by atoms with Crippen molar-refractivity contribution in [2.24, 2.45) is 0 Å². The van der Waals surface area contributed by atoms with E-state index in [0.717, 1.165) is 29.5 Å². The monoisotopic (exact) mass is 477 g/mol. The molecule has 2 unspecified atom stereocenters. The van der Waals surface area contributed by atoms with Crippen LogP contribution in [0.15, 0.2) is 39.5 Å². The lowest BCUT2D eigenvalue weighted by Crippen LogP contribution is -2.36. The number of nitrogens with zero attached hydrogens (tertiary/aromatic N) is 1. The number of ether oxygens (including phenoxy) is 3. The lowest BCUT2D eigenvalue weighted by Gasteiger charge is -2.28. The molecule has 2 aliphatic heterocycles. The van der Waals surface area contributed by atoms with E-state index in [1.54, 1.807) is 4.90 Å². The summed E-state index contributed by atoms with van der Waals surface area (Å²) < 4.78 is 23.6. The lowest BCUT2D eigenvalue weighted by molar-refractivity contribution is 0.0486. The van der Waals surface area contributed by atoms with E-state index in [-0.39, 0.29) is 23.2 Å². The van der Waals surface area contributed by atoms with E-state index >= 15 is 0 Å². The van der Waals surface area contributed by atoms with Gasteiger partial charge < -0.3 is 23.5 Å². The molecule has 0 aliphatic carbocycles. The fourth-order valence-electron chi connectivity index (χ4n) is 5.29. The average molecular weight is 478 g/mol. The maximum atomic E-state index is 13.9. The van der Waals surface area contributed by atoms with Crippen LogP contribution in [-0.4, -0.2) is 43.3 Å². The van der Waals surface area contributed by atoms with Crippen molar-refractivity contribution in [3.05, 3.63) is 68.6 Å². The van der Waals surface area contributed by atoms with Crippen molar-refractivity contribution < 1.29 is 23.4 Å². The smallest absolute Gasteiger partial charge is 0.291 e. The zero-order valence-electron chi connectivity index (χ0n) is 20.7. The van der Waals surface area contributed by atoms with E-state index in [1.807, 2.05) is 58.0 Å². The van der Waals surface area contributed by atoms with Gasteiger partial charge in [-0.1, -0.05) is 12.1 Å². The Bertz CT molecular complexity index is 1340. The molecule has 1 saturated heterocycles. The van der Waals surface area contributed by atoms with Crippen molar-refractivity contribution in [3.63, 3.8) is 0 Å². The van der Waals surface area contributed by atoms with Gasteiger partial charge in [-0.05, 0) is 75.4 Å². The summed E-state index contributed by atoms with van der Waals surface area (Å²) in [6.07, 6.45) is 1.77. The number of aryl methyl sites for hydroxylation is 2. The first-order chi connectivity index (χ1) is 16.9. The van der Waals surface area contributed by atoms with E-state index in [0.29, 0.717) is 54.4 Å². The van der Waals surface area contributed by atoms with Crippen LogP contribution in [0.25, 0.3) is 11.0 Å². The largest absolute Gasteiger partial charge is 0.490 e. The van der Waals surface area contributed by atoms with Crippen LogP contribution in [0.2, 0.25) is 0 Å². The summed E-state index contributed by atoms with van der Waals surface area (Å²) in [4.78, 5) is 29.3. The number of carbonyl (C=O) groups excluding carboxylic acids is 1. The van der Waals surface area contributed by atoms with Crippen LogP contribution in [-0.2, 0) is 4.74 Å². The molecule has 1 aromatic heterocycles. The third-order valence-corrected chi connectivity index (χ3v) is 6.72. The number of benzene rings is 2. The molecule has 1 amide bonds. The Labute approximate surface area is 204 Å². The highest BCUT2D eigenvalue weighted by molar-refractivity contribution is 5.99. The predicted molar refractivity (Wildman–Crippen MR) is 133 cm³/mol. The van der Waals surface area contributed by atoms with Crippen molar-refractivity contribution >= 4 is 16.9 Å². The summed E-state index contributed by atoms with van der Waals surface area (Å²) in [7, 11) is 0. The zero-order valence-corrected chi connectivity index (χ0v) is 20.7. The van der Waals surface area contributed by atoms with Crippen molar-refractivity contribution in [2.75, 3.05) is 26.4 Å². The minimum absolute atomic E-state index is 0.0710. The second kappa shape index (κ2) is 9.38. The SMILES string of the molecule is CCOc1ccc(C2c3c(oc4cc(C)cc(C)c4c3=O)C(=O)N2CC2CCCO2)cc1OCC. The highest BCUT2D eigenvalue weighted by Gasteiger charge is 2.44. The number of rotatable bonds is 7. The third kappa shape index (κ3) is 4.08. The number of amides is 1. The Kier molecular flexibility index (Phi) is 6.28. The molecule has 7 nitrogen and oxygen atoms in total. The molecule has 2 aromatic carbocycles. The molecule has 1 fully saturated rings. The van der Waals surface area contributed by atoms with Crippen LogP contribution < -0.4 is 14.9 Å². The van der Waals surface area contributed by atoms with Crippen molar-refractivity contribution in [1.82, 2.24) is 4.90 Å². The van der Waals surface area contributed by atoms with Gasteiger partial charge in [0, 0.05) is 13.2 Å². The van der Waals surface area contributed by atoms with Crippen molar-refractivity contribution in [2.45, 2.75) is 52.7 Å². The minimum atomic E-state index is -0.599. The van der Waals surface area contributed by atoms with E-state index in [1.165, 1.54) is 0 Å². The van der Waals surface area contributed by atoms with E-state index in [4.69, 9.17) is 18.6 Å². The van der Waals surface area contributed by atoms with Crippen LogP contribution in [0, 0.1) is 13.8 Å². The molecule has 7 heteroatoms. The summed E-state index contributed by atoms with van der Waals surface area (Å²) in [5.74, 6) is 1.04. The van der Waals surface area contributed by atoms with Gasteiger partial charge in [-0.2, -0.15) is 0 Å². The van der Waals surface area contributed by atoms with Gasteiger partial charge in [-0.15, -0.1) is 0 Å². The van der Waals surface area contributed by atoms with Crippen molar-refractivity contribution in [3.8, 4) is 11.5 Å². The fraction of sp³-hybridized carbons (Fsp3) is 0.429. The number of fused-ring (bicyclic) bond motifs is 2. The Balaban J connectivity index is 1.71. The van der Waals surface area contributed by atoms with Gasteiger partial charge in [0.2, 0.25) is 5.76 Å². The lowest BCUT2D eigenvalue weighted by atomic mass is 9.96. The van der Waals surface area contributed by atoms with Crippen LogP contribution >= 0.6 is 0 Å². The quantitative estimate of drug-likeness (QED) is 0.480. The fourth-order valence-corrected chi connectivity index (χ4v) is 5.29. The second-order valence-corrected chi connectivity index (χ2v) is 9.20. The zero-order chi connectivity index (χ0) is 24.7. The highest BCUT2D eigenvalue weighted by atomic mass is 16.5. The van der Waals surface area contributed by atoms with Crippen LogP contribution in [0.4, 0.5) is 0 Å². The Morgan fingerprint density at radius 2 is 1.80 bits per heavy atom. The number of hydrogen-bond acceptors (Lipinski definition) is 6. The summed E-state index contributed by atoms with van der Waals surface area (Å²) >= 11 is 0. The highest BCUT2D eigenvalue weighted by Crippen LogP contribution is 2.42. The molecular formula is C28H31NO6. The first kappa shape index (κ1) is 23.4. The summed E-state index contributed by atoms with van der Waals surface area (Å²) in [6, 6.07) is 8.79. The Hall–Kier alpha value is -3.32. The molecule has 35 heavy (non-hydrogen) atoms. The van der Waals surface area contributed by atoms with E-state index in [2.05, 4.69) is 0 Å². The number of carbonyl (C=O) groups is 1. The Morgan fingerprint density at radius 1 is 1.03 bits per heavy atom. The molecule has 2 aliphatic rings. The molecule has 3 aromatic rings. The third-order valence-electron chi connectivity index (χ3n) is 6.72. The van der Waals surface area contributed by atoms with Crippen LogP contribution in [0.5, 0.6) is 11.5 Å². The molecule has 184 valence electrons. The van der Waals surface area contributed by atoms with E-state index in [9.17, 15) is 9.59 Å². The van der Waals surface area contributed by atoms with E-state index < -0.39 is 6.04 Å². The van der Waals surface area contributed by atoms with Gasteiger partial charge in [0.25, 0.3) is 5.91 Å². The first-order valence-corrected chi connectivity index (χ1v) is 12.3. The molecule has 5 rings (SSSR count). The van der Waals surface area contributed by atoms with Gasteiger partial charge in [0.05, 0.1) is 36.3 Å². The van der Waals surface area contributed by atoms with Gasteiger partial charge in [-0.25, -0.2) is 0 Å².